The zero-order valence-corrected chi connectivity index (χ0v) is 16.7. The highest BCUT2D eigenvalue weighted by molar-refractivity contribution is 7.16. The molecule has 1 aliphatic heterocycles. The molecule has 1 aliphatic rings. The van der Waals surface area contributed by atoms with Gasteiger partial charge in [-0.1, -0.05) is 11.6 Å². The van der Waals surface area contributed by atoms with Crippen LogP contribution < -0.4 is 16.6 Å². The number of aromatic nitrogens is 2. The Morgan fingerprint density at radius 1 is 1.35 bits per heavy atom. The summed E-state index contributed by atoms with van der Waals surface area (Å²) in [5.74, 6) is 0.261. The number of aryl methyl sites for hydroxylation is 1. The van der Waals surface area contributed by atoms with Gasteiger partial charge in [-0.05, 0) is 43.7 Å². The van der Waals surface area contributed by atoms with Crippen molar-refractivity contribution in [3.8, 4) is 0 Å². The van der Waals surface area contributed by atoms with E-state index >= 15 is 0 Å². The fourth-order valence-corrected chi connectivity index (χ4v) is 5.31. The molecular weight excluding hydrogens is 374 g/mol. The summed E-state index contributed by atoms with van der Waals surface area (Å²) in [5.41, 5.74) is 1.12. The van der Waals surface area contributed by atoms with Crippen LogP contribution in [-0.4, -0.2) is 26.9 Å². The van der Waals surface area contributed by atoms with Crippen LogP contribution >= 0.6 is 22.9 Å². The molecule has 1 fully saturated rings. The number of thiophene rings is 1. The Hall–Kier alpha value is -1.41. The van der Waals surface area contributed by atoms with Gasteiger partial charge in [0.2, 0.25) is 0 Å². The molecule has 0 amide bonds. The summed E-state index contributed by atoms with van der Waals surface area (Å²) >= 11 is 7.79. The van der Waals surface area contributed by atoms with Gasteiger partial charge in [0, 0.05) is 43.9 Å². The Kier molecular flexibility index (Phi) is 5.72. The predicted molar refractivity (Wildman–Crippen MR) is 104 cm³/mol. The van der Waals surface area contributed by atoms with Gasteiger partial charge >= 0.3 is 5.69 Å². The van der Waals surface area contributed by atoms with Gasteiger partial charge in [-0.3, -0.25) is 9.36 Å². The third-order valence-corrected chi connectivity index (χ3v) is 6.52. The molecule has 6 nitrogen and oxygen atoms in total. The van der Waals surface area contributed by atoms with E-state index in [1.165, 1.54) is 16.5 Å². The SMILES string of the molecule is CC1CC(c2sc(Cl)cc2CCO)CC(c2cn(C)c(=O)n(C)c2=O)N1. The number of aliphatic hydroxyl groups is 1. The normalized spacial score (nSPS) is 23.3. The smallest absolute Gasteiger partial charge is 0.330 e. The lowest BCUT2D eigenvalue weighted by Gasteiger charge is -2.35. The molecule has 142 valence electrons. The molecule has 0 bridgehead atoms. The third-order valence-electron chi connectivity index (χ3n) is 5.06. The lowest BCUT2D eigenvalue weighted by Crippen LogP contribution is -2.44. The van der Waals surface area contributed by atoms with E-state index in [2.05, 4.69) is 12.2 Å². The summed E-state index contributed by atoms with van der Waals surface area (Å²) < 4.78 is 3.33. The minimum absolute atomic E-state index is 0.0886. The van der Waals surface area contributed by atoms with Crippen LogP contribution in [0.1, 0.15) is 47.7 Å². The summed E-state index contributed by atoms with van der Waals surface area (Å²) in [5, 5.41) is 12.8. The van der Waals surface area contributed by atoms with Crippen LogP contribution in [0.15, 0.2) is 21.9 Å². The van der Waals surface area contributed by atoms with Crippen molar-refractivity contribution in [2.45, 2.75) is 44.2 Å². The lowest BCUT2D eigenvalue weighted by atomic mass is 9.83. The number of nitrogens with one attached hydrogen (secondary N) is 1. The largest absolute Gasteiger partial charge is 0.396 e. The van der Waals surface area contributed by atoms with E-state index in [9.17, 15) is 14.7 Å². The predicted octanol–water partition coefficient (Wildman–Crippen LogP) is 1.93. The van der Waals surface area contributed by atoms with Crippen LogP contribution in [0, 0.1) is 0 Å². The molecule has 0 aliphatic carbocycles. The quantitative estimate of drug-likeness (QED) is 0.826. The molecule has 3 atom stereocenters. The molecule has 2 aromatic rings. The van der Waals surface area contributed by atoms with E-state index in [-0.39, 0.29) is 35.9 Å². The molecule has 3 unspecified atom stereocenters. The fraction of sp³-hybridized carbons (Fsp3) is 0.556. The van der Waals surface area contributed by atoms with Crippen LogP contribution in [0.3, 0.4) is 0 Å². The maximum atomic E-state index is 12.6. The van der Waals surface area contributed by atoms with Crippen LogP contribution in [0.5, 0.6) is 0 Å². The van der Waals surface area contributed by atoms with Gasteiger partial charge in [0.15, 0.2) is 0 Å². The highest BCUT2D eigenvalue weighted by atomic mass is 35.5. The van der Waals surface area contributed by atoms with E-state index in [4.69, 9.17) is 11.6 Å². The van der Waals surface area contributed by atoms with Crippen LogP contribution in [0.4, 0.5) is 0 Å². The molecule has 0 radical (unpaired) electrons. The van der Waals surface area contributed by atoms with Crippen molar-refractivity contribution in [2.75, 3.05) is 6.61 Å². The number of aliphatic hydroxyl groups excluding tert-OH is 1. The van der Waals surface area contributed by atoms with Crippen LogP contribution in [0.2, 0.25) is 4.34 Å². The molecule has 26 heavy (non-hydrogen) atoms. The second kappa shape index (κ2) is 7.68. The van der Waals surface area contributed by atoms with Gasteiger partial charge in [-0.15, -0.1) is 11.3 Å². The van der Waals surface area contributed by atoms with Gasteiger partial charge < -0.3 is 15.0 Å². The van der Waals surface area contributed by atoms with E-state index in [0.717, 1.165) is 27.3 Å². The van der Waals surface area contributed by atoms with E-state index < -0.39 is 0 Å². The van der Waals surface area contributed by atoms with Crippen molar-refractivity contribution in [1.82, 2.24) is 14.5 Å². The van der Waals surface area contributed by atoms with Crippen LogP contribution in [0.25, 0.3) is 0 Å². The summed E-state index contributed by atoms with van der Waals surface area (Å²) in [6.07, 6.45) is 3.93. The van der Waals surface area contributed by atoms with Crippen molar-refractivity contribution < 1.29 is 5.11 Å². The molecule has 8 heteroatoms. The van der Waals surface area contributed by atoms with Gasteiger partial charge in [-0.2, -0.15) is 0 Å². The standard InChI is InChI=1S/C18H24ClN3O3S/c1-10-6-12(16-11(4-5-23)8-15(19)26-16)7-14(20-10)13-9-21(2)18(25)22(3)17(13)24/h8-10,12,14,20,23H,4-7H2,1-3H3. The summed E-state index contributed by atoms with van der Waals surface area (Å²) in [7, 11) is 3.17. The molecule has 2 aromatic heterocycles. The van der Waals surface area contributed by atoms with Crippen molar-refractivity contribution in [2.24, 2.45) is 14.1 Å². The molecule has 3 rings (SSSR count). The van der Waals surface area contributed by atoms with Crippen molar-refractivity contribution in [1.29, 1.82) is 0 Å². The van der Waals surface area contributed by atoms with E-state index in [1.807, 2.05) is 6.07 Å². The topological polar surface area (TPSA) is 76.3 Å². The van der Waals surface area contributed by atoms with E-state index in [0.29, 0.717) is 12.0 Å². The first-order chi connectivity index (χ1) is 12.3. The molecule has 0 saturated carbocycles. The third kappa shape index (κ3) is 3.67. The Morgan fingerprint density at radius 3 is 2.77 bits per heavy atom. The summed E-state index contributed by atoms with van der Waals surface area (Å²) in [6, 6.07) is 2.03. The Balaban J connectivity index is 1.97. The van der Waals surface area contributed by atoms with Crippen molar-refractivity contribution >= 4 is 22.9 Å². The average molecular weight is 398 g/mol. The molecule has 0 aromatic carbocycles. The van der Waals surface area contributed by atoms with Gasteiger partial charge in [0.25, 0.3) is 5.56 Å². The van der Waals surface area contributed by atoms with Gasteiger partial charge in [-0.25, -0.2) is 4.79 Å². The van der Waals surface area contributed by atoms with Gasteiger partial charge in [0.05, 0.1) is 9.90 Å². The first-order valence-electron chi connectivity index (χ1n) is 8.73. The fourth-order valence-electron chi connectivity index (χ4n) is 3.86. The summed E-state index contributed by atoms with van der Waals surface area (Å²) in [6.45, 7) is 2.19. The highest BCUT2D eigenvalue weighted by Crippen LogP contribution is 2.42. The summed E-state index contributed by atoms with van der Waals surface area (Å²) in [4.78, 5) is 25.8. The molecular formula is C18H24ClN3O3S. The number of hydrogen-bond donors (Lipinski definition) is 2. The number of nitrogens with zero attached hydrogens (tertiary/aromatic N) is 2. The Labute approximate surface area is 161 Å². The number of rotatable bonds is 4. The van der Waals surface area contributed by atoms with Crippen molar-refractivity contribution in [3.05, 3.63) is 53.4 Å². The number of hydrogen-bond acceptors (Lipinski definition) is 5. The Bertz CT molecular complexity index is 917. The first-order valence-corrected chi connectivity index (χ1v) is 9.92. The maximum absolute atomic E-state index is 12.6. The minimum atomic E-state index is -0.325. The van der Waals surface area contributed by atoms with Crippen molar-refractivity contribution in [3.63, 3.8) is 0 Å². The first kappa shape index (κ1) is 19.4. The second-order valence-electron chi connectivity index (χ2n) is 7.04. The number of piperidine rings is 1. The van der Waals surface area contributed by atoms with Gasteiger partial charge in [0.1, 0.15) is 0 Å². The van der Waals surface area contributed by atoms with Crippen LogP contribution in [-0.2, 0) is 20.5 Å². The lowest BCUT2D eigenvalue weighted by molar-refractivity contribution is 0.293. The molecule has 2 N–H and O–H groups in total. The minimum Gasteiger partial charge on any atom is -0.396 e. The maximum Gasteiger partial charge on any atom is 0.330 e. The zero-order chi connectivity index (χ0) is 19.0. The molecule has 3 heterocycles. The van der Waals surface area contributed by atoms with E-state index in [1.54, 1.807) is 24.6 Å². The average Bonchev–Trinajstić information content (AvgIpc) is 2.96. The zero-order valence-electron chi connectivity index (χ0n) is 15.2. The molecule has 0 spiro atoms. The highest BCUT2D eigenvalue weighted by Gasteiger charge is 2.32. The number of halogens is 1. The Morgan fingerprint density at radius 2 is 2.08 bits per heavy atom. The molecule has 1 saturated heterocycles. The second-order valence-corrected chi connectivity index (χ2v) is 8.76. The monoisotopic (exact) mass is 397 g/mol.